The summed E-state index contributed by atoms with van der Waals surface area (Å²) in [4.78, 5) is 4.27. The molecule has 4 heteroatoms. The Morgan fingerprint density at radius 3 is 2.81 bits per heavy atom. The third kappa shape index (κ3) is 2.96. The lowest BCUT2D eigenvalue weighted by molar-refractivity contribution is 0.174. The molecule has 1 unspecified atom stereocenters. The largest absolute Gasteiger partial charge is 0.386 e. The molecule has 0 fully saturated rings. The van der Waals surface area contributed by atoms with Gasteiger partial charge >= 0.3 is 0 Å². The average molecular weight is 346 g/mol. The lowest BCUT2D eigenvalue weighted by Gasteiger charge is -2.13. The van der Waals surface area contributed by atoms with E-state index in [1.165, 1.54) is 6.07 Å². The van der Waals surface area contributed by atoms with E-state index in [1.54, 1.807) is 18.3 Å². The Kier molecular flexibility index (Phi) is 3.99. The van der Waals surface area contributed by atoms with Crippen LogP contribution in [0.25, 0.3) is 10.8 Å². The van der Waals surface area contributed by atoms with E-state index < -0.39 is 6.10 Å². The predicted octanol–water partition coefficient (Wildman–Crippen LogP) is 4.41. The highest BCUT2D eigenvalue weighted by molar-refractivity contribution is 9.10. The van der Waals surface area contributed by atoms with Gasteiger partial charge in [-0.25, -0.2) is 4.39 Å². The number of benzene rings is 2. The van der Waals surface area contributed by atoms with Crippen LogP contribution in [-0.2, 0) is 6.42 Å². The molecule has 0 aliphatic carbocycles. The summed E-state index contributed by atoms with van der Waals surface area (Å²) in [5.41, 5.74) is 1.04. The fourth-order valence-corrected chi connectivity index (χ4v) is 2.82. The second-order valence-corrected chi connectivity index (χ2v) is 5.79. The summed E-state index contributed by atoms with van der Waals surface area (Å²) in [6, 6.07) is 14.3. The standard InChI is InChI=1S/C17H13BrFNO/c18-13-5-6-15(19)12(9-13)10-16(21)17-14-4-2-1-3-11(14)7-8-20-17/h1-9,16,21H,10H2. The van der Waals surface area contributed by atoms with Crippen molar-refractivity contribution in [2.45, 2.75) is 12.5 Å². The molecule has 0 saturated carbocycles. The van der Waals surface area contributed by atoms with Gasteiger partial charge in [-0.2, -0.15) is 0 Å². The molecule has 1 heterocycles. The summed E-state index contributed by atoms with van der Waals surface area (Å²) in [5, 5.41) is 12.3. The van der Waals surface area contributed by atoms with Gasteiger partial charge in [0, 0.05) is 22.5 Å². The molecule has 0 aliphatic rings. The van der Waals surface area contributed by atoms with Gasteiger partial charge in [0.25, 0.3) is 0 Å². The van der Waals surface area contributed by atoms with E-state index in [9.17, 15) is 9.50 Å². The van der Waals surface area contributed by atoms with E-state index in [0.29, 0.717) is 11.3 Å². The first-order chi connectivity index (χ1) is 10.1. The van der Waals surface area contributed by atoms with E-state index in [-0.39, 0.29) is 12.2 Å². The highest BCUT2D eigenvalue weighted by atomic mass is 79.9. The Labute approximate surface area is 130 Å². The molecule has 106 valence electrons. The van der Waals surface area contributed by atoms with E-state index >= 15 is 0 Å². The molecule has 3 aromatic rings. The second-order valence-electron chi connectivity index (χ2n) is 4.87. The molecule has 0 saturated heterocycles. The molecule has 1 atom stereocenters. The van der Waals surface area contributed by atoms with E-state index in [4.69, 9.17) is 0 Å². The Morgan fingerprint density at radius 1 is 1.14 bits per heavy atom. The number of nitrogens with zero attached hydrogens (tertiary/aromatic N) is 1. The van der Waals surface area contributed by atoms with Crippen molar-refractivity contribution in [1.82, 2.24) is 4.98 Å². The molecule has 0 aliphatic heterocycles. The molecule has 3 rings (SSSR count). The summed E-state index contributed by atoms with van der Waals surface area (Å²) in [5.74, 6) is -0.322. The van der Waals surface area contributed by atoms with Gasteiger partial charge in [0.15, 0.2) is 0 Å². The maximum absolute atomic E-state index is 13.8. The number of aliphatic hydroxyl groups is 1. The molecule has 1 N–H and O–H groups in total. The molecule has 0 spiro atoms. The van der Waals surface area contributed by atoms with Gasteiger partial charge in [0.2, 0.25) is 0 Å². The molecule has 0 bridgehead atoms. The molecule has 0 amide bonds. The van der Waals surface area contributed by atoms with Crippen LogP contribution < -0.4 is 0 Å². The molecule has 1 aromatic heterocycles. The normalized spacial score (nSPS) is 12.5. The molecular weight excluding hydrogens is 333 g/mol. The number of pyridine rings is 1. The zero-order valence-corrected chi connectivity index (χ0v) is 12.7. The van der Waals surface area contributed by atoms with Crippen LogP contribution in [0.4, 0.5) is 4.39 Å². The van der Waals surface area contributed by atoms with Gasteiger partial charge in [-0.1, -0.05) is 40.2 Å². The fourth-order valence-electron chi connectivity index (χ4n) is 2.41. The highest BCUT2D eigenvalue weighted by Crippen LogP contribution is 2.26. The zero-order chi connectivity index (χ0) is 14.8. The summed E-state index contributed by atoms with van der Waals surface area (Å²) in [6.45, 7) is 0. The van der Waals surface area contributed by atoms with Crippen LogP contribution in [0.15, 0.2) is 59.2 Å². The first-order valence-electron chi connectivity index (χ1n) is 6.61. The monoisotopic (exact) mass is 345 g/mol. The number of fused-ring (bicyclic) bond motifs is 1. The highest BCUT2D eigenvalue weighted by Gasteiger charge is 2.15. The number of aromatic nitrogens is 1. The van der Waals surface area contributed by atoms with Crippen LogP contribution in [0.5, 0.6) is 0 Å². The van der Waals surface area contributed by atoms with Gasteiger partial charge in [-0.15, -0.1) is 0 Å². The SMILES string of the molecule is OC(Cc1cc(Br)ccc1F)c1nccc2ccccc12. The summed E-state index contributed by atoms with van der Waals surface area (Å²) >= 11 is 3.32. The zero-order valence-electron chi connectivity index (χ0n) is 11.1. The van der Waals surface area contributed by atoms with Gasteiger partial charge in [-0.3, -0.25) is 4.98 Å². The summed E-state index contributed by atoms with van der Waals surface area (Å²) in [6.07, 6.45) is 1.00. The van der Waals surface area contributed by atoms with Gasteiger partial charge in [0.1, 0.15) is 11.9 Å². The van der Waals surface area contributed by atoms with Crippen molar-refractivity contribution in [3.05, 3.63) is 76.3 Å². The van der Waals surface area contributed by atoms with Crippen molar-refractivity contribution in [1.29, 1.82) is 0 Å². The average Bonchev–Trinajstić information content (AvgIpc) is 2.50. The minimum absolute atomic E-state index is 0.187. The van der Waals surface area contributed by atoms with Crippen LogP contribution in [0.2, 0.25) is 0 Å². The topological polar surface area (TPSA) is 33.1 Å². The minimum Gasteiger partial charge on any atom is -0.386 e. The number of hydrogen-bond donors (Lipinski definition) is 1. The number of aliphatic hydroxyl groups excluding tert-OH is 1. The first kappa shape index (κ1) is 14.2. The van der Waals surface area contributed by atoms with Crippen LogP contribution in [0.1, 0.15) is 17.4 Å². The van der Waals surface area contributed by atoms with Crippen LogP contribution in [0, 0.1) is 5.82 Å². The van der Waals surface area contributed by atoms with Crippen LogP contribution in [0.3, 0.4) is 0 Å². The lowest BCUT2D eigenvalue weighted by atomic mass is 10.0. The van der Waals surface area contributed by atoms with E-state index in [2.05, 4.69) is 20.9 Å². The Hall–Kier alpha value is -1.78. The van der Waals surface area contributed by atoms with Crippen molar-refractivity contribution >= 4 is 26.7 Å². The molecule has 21 heavy (non-hydrogen) atoms. The van der Waals surface area contributed by atoms with Crippen molar-refractivity contribution in [3.63, 3.8) is 0 Å². The Balaban J connectivity index is 1.97. The van der Waals surface area contributed by atoms with Gasteiger partial charge in [-0.05, 0) is 35.2 Å². The predicted molar refractivity (Wildman–Crippen MR) is 84.5 cm³/mol. The maximum Gasteiger partial charge on any atom is 0.126 e. The number of halogens is 2. The van der Waals surface area contributed by atoms with Crippen LogP contribution in [-0.4, -0.2) is 10.1 Å². The third-order valence-electron chi connectivity index (χ3n) is 3.44. The lowest BCUT2D eigenvalue weighted by Crippen LogP contribution is -2.06. The Morgan fingerprint density at radius 2 is 1.95 bits per heavy atom. The van der Waals surface area contributed by atoms with Crippen molar-refractivity contribution in [2.75, 3.05) is 0 Å². The first-order valence-corrected chi connectivity index (χ1v) is 7.40. The summed E-state index contributed by atoms with van der Waals surface area (Å²) in [7, 11) is 0. The minimum atomic E-state index is -0.847. The third-order valence-corrected chi connectivity index (χ3v) is 3.93. The number of hydrogen-bond acceptors (Lipinski definition) is 2. The van der Waals surface area contributed by atoms with Gasteiger partial charge < -0.3 is 5.11 Å². The van der Waals surface area contributed by atoms with Gasteiger partial charge in [0.05, 0.1) is 5.69 Å². The summed E-state index contributed by atoms with van der Waals surface area (Å²) < 4.78 is 14.6. The van der Waals surface area contributed by atoms with E-state index in [1.807, 2.05) is 30.3 Å². The fraction of sp³-hybridized carbons (Fsp3) is 0.118. The van der Waals surface area contributed by atoms with Crippen molar-refractivity contribution < 1.29 is 9.50 Å². The molecule has 2 aromatic carbocycles. The maximum atomic E-state index is 13.8. The molecular formula is C17H13BrFNO. The van der Waals surface area contributed by atoms with Crippen LogP contribution >= 0.6 is 15.9 Å². The molecule has 0 radical (unpaired) electrons. The molecule has 2 nitrogen and oxygen atoms in total. The van der Waals surface area contributed by atoms with Crippen molar-refractivity contribution in [2.24, 2.45) is 0 Å². The second kappa shape index (κ2) is 5.92. The number of rotatable bonds is 3. The Bertz CT molecular complexity index is 785. The van der Waals surface area contributed by atoms with Crippen molar-refractivity contribution in [3.8, 4) is 0 Å². The quantitative estimate of drug-likeness (QED) is 0.762. The smallest absolute Gasteiger partial charge is 0.126 e. The van der Waals surface area contributed by atoms with E-state index in [0.717, 1.165) is 15.2 Å².